The Hall–Kier alpha value is -2.34. The molecule has 1 amide bonds. The summed E-state index contributed by atoms with van der Waals surface area (Å²) in [5.41, 5.74) is 1.07. The molecule has 0 fully saturated rings. The molecule has 22 heavy (non-hydrogen) atoms. The van der Waals surface area contributed by atoms with Gasteiger partial charge in [0.15, 0.2) is 0 Å². The summed E-state index contributed by atoms with van der Waals surface area (Å²) in [5.74, 6) is 0.390. The maximum atomic E-state index is 12.3. The van der Waals surface area contributed by atoms with Gasteiger partial charge < -0.3 is 14.8 Å². The SMILES string of the molecule is CCOc1nccc(Cl)c1C(=O)NCc1ccc(OC)nc1. The molecule has 0 unspecified atom stereocenters. The molecule has 0 atom stereocenters. The minimum atomic E-state index is -0.350. The summed E-state index contributed by atoms with van der Waals surface area (Å²) in [4.78, 5) is 20.4. The fourth-order valence-corrected chi connectivity index (χ4v) is 2.00. The Morgan fingerprint density at radius 2 is 2.14 bits per heavy atom. The average Bonchev–Trinajstić information content (AvgIpc) is 2.53. The standard InChI is InChI=1S/C15H16ClN3O3/c1-3-22-15-13(11(16)6-7-17-15)14(20)19-9-10-4-5-12(21-2)18-8-10/h4-8H,3,9H2,1-2H3,(H,19,20). The molecule has 0 aromatic carbocycles. The zero-order chi connectivity index (χ0) is 15.9. The highest BCUT2D eigenvalue weighted by atomic mass is 35.5. The Bertz CT molecular complexity index is 647. The molecular formula is C15H16ClN3O3. The van der Waals surface area contributed by atoms with Crippen LogP contribution in [0.5, 0.6) is 11.8 Å². The van der Waals surface area contributed by atoms with Crippen LogP contribution in [0, 0.1) is 0 Å². The monoisotopic (exact) mass is 321 g/mol. The van der Waals surface area contributed by atoms with Gasteiger partial charge >= 0.3 is 0 Å². The molecule has 2 heterocycles. The molecule has 7 heteroatoms. The smallest absolute Gasteiger partial charge is 0.258 e. The van der Waals surface area contributed by atoms with E-state index in [0.29, 0.717) is 24.1 Å². The zero-order valence-electron chi connectivity index (χ0n) is 12.3. The normalized spacial score (nSPS) is 10.1. The van der Waals surface area contributed by atoms with E-state index in [-0.39, 0.29) is 17.4 Å². The summed E-state index contributed by atoms with van der Waals surface area (Å²) >= 11 is 6.07. The number of hydrogen-bond donors (Lipinski definition) is 1. The van der Waals surface area contributed by atoms with Gasteiger partial charge in [0.1, 0.15) is 5.56 Å². The van der Waals surface area contributed by atoms with Crippen LogP contribution < -0.4 is 14.8 Å². The lowest BCUT2D eigenvalue weighted by Crippen LogP contribution is -2.24. The predicted molar refractivity (Wildman–Crippen MR) is 82.4 cm³/mol. The van der Waals surface area contributed by atoms with E-state index in [4.69, 9.17) is 21.1 Å². The molecular weight excluding hydrogens is 306 g/mol. The third kappa shape index (κ3) is 3.85. The zero-order valence-corrected chi connectivity index (χ0v) is 13.1. The molecule has 116 valence electrons. The van der Waals surface area contributed by atoms with E-state index in [9.17, 15) is 4.79 Å². The van der Waals surface area contributed by atoms with Crippen molar-refractivity contribution in [3.8, 4) is 11.8 Å². The van der Waals surface area contributed by atoms with Crippen LogP contribution in [-0.4, -0.2) is 29.6 Å². The van der Waals surface area contributed by atoms with Crippen molar-refractivity contribution in [3.63, 3.8) is 0 Å². The van der Waals surface area contributed by atoms with Crippen LogP contribution in [0.2, 0.25) is 5.02 Å². The molecule has 2 rings (SSSR count). The van der Waals surface area contributed by atoms with E-state index >= 15 is 0 Å². The lowest BCUT2D eigenvalue weighted by Gasteiger charge is -2.11. The van der Waals surface area contributed by atoms with Gasteiger partial charge in [-0.3, -0.25) is 4.79 Å². The molecule has 2 aromatic rings. The number of methoxy groups -OCH3 is 1. The molecule has 2 aromatic heterocycles. The quantitative estimate of drug-likeness (QED) is 0.884. The highest BCUT2D eigenvalue weighted by Gasteiger charge is 2.17. The number of hydrogen-bond acceptors (Lipinski definition) is 5. The van der Waals surface area contributed by atoms with Gasteiger partial charge in [-0.2, -0.15) is 0 Å². The Balaban J connectivity index is 2.08. The van der Waals surface area contributed by atoms with Gasteiger partial charge in [-0.25, -0.2) is 9.97 Å². The second-order valence-corrected chi connectivity index (χ2v) is 4.70. The summed E-state index contributed by atoms with van der Waals surface area (Å²) in [6, 6.07) is 5.10. The van der Waals surface area contributed by atoms with Crippen LogP contribution in [0.3, 0.4) is 0 Å². The summed E-state index contributed by atoms with van der Waals surface area (Å²) < 4.78 is 10.3. The van der Waals surface area contributed by atoms with Crippen molar-refractivity contribution in [2.45, 2.75) is 13.5 Å². The number of nitrogens with one attached hydrogen (secondary N) is 1. The van der Waals surface area contributed by atoms with Gasteiger partial charge in [-0.05, 0) is 18.6 Å². The predicted octanol–water partition coefficient (Wildman–Crippen LogP) is 2.47. The molecule has 0 aliphatic carbocycles. The first kappa shape index (κ1) is 16.0. The van der Waals surface area contributed by atoms with Crippen molar-refractivity contribution in [1.29, 1.82) is 0 Å². The number of carbonyl (C=O) groups is 1. The Morgan fingerprint density at radius 1 is 1.32 bits per heavy atom. The van der Waals surface area contributed by atoms with Crippen LogP contribution >= 0.6 is 11.6 Å². The van der Waals surface area contributed by atoms with Crippen molar-refractivity contribution in [1.82, 2.24) is 15.3 Å². The Morgan fingerprint density at radius 3 is 2.77 bits per heavy atom. The number of nitrogens with zero attached hydrogens (tertiary/aromatic N) is 2. The molecule has 0 radical (unpaired) electrons. The lowest BCUT2D eigenvalue weighted by molar-refractivity contribution is 0.0946. The number of aromatic nitrogens is 2. The van der Waals surface area contributed by atoms with E-state index in [1.54, 1.807) is 25.4 Å². The summed E-state index contributed by atoms with van der Waals surface area (Å²) in [6.07, 6.45) is 3.13. The highest BCUT2D eigenvalue weighted by molar-refractivity contribution is 6.34. The first-order valence-electron chi connectivity index (χ1n) is 6.70. The molecule has 6 nitrogen and oxygen atoms in total. The number of rotatable bonds is 6. The van der Waals surface area contributed by atoms with Crippen LogP contribution in [-0.2, 0) is 6.54 Å². The first-order valence-corrected chi connectivity index (χ1v) is 7.08. The fourth-order valence-electron chi connectivity index (χ4n) is 1.78. The largest absolute Gasteiger partial charge is 0.481 e. The number of pyridine rings is 2. The molecule has 0 spiro atoms. The third-order valence-corrected chi connectivity index (χ3v) is 3.15. The minimum Gasteiger partial charge on any atom is -0.481 e. The maximum absolute atomic E-state index is 12.3. The maximum Gasteiger partial charge on any atom is 0.258 e. The van der Waals surface area contributed by atoms with Crippen LogP contribution in [0.15, 0.2) is 30.6 Å². The number of halogens is 1. The average molecular weight is 322 g/mol. The molecule has 0 aliphatic heterocycles. The van der Waals surface area contributed by atoms with Crippen LogP contribution in [0.25, 0.3) is 0 Å². The first-order chi connectivity index (χ1) is 10.7. The Kier molecular flexibility index (Phi) is 5.55. The second-order valence-electron chi connectivity index (χ2n) is 4.30. The van der Waals surface area contributed by atoms with Gasteiger partial charge in [-0.1, -0.05) is 17.7 Å². The lowest BCUT2D eigenvalue weighted by atomic mass is 10.2. The van der Waals surface area contributed by atoms with E-state index in [1.807, 2.05) is 13.0 Å². The fraction of sp³-hybridized carbons (Fsp3) is 0.267. The summed E-state index contributed by atoms with van der Waals surface area (Å²) in [7, 11) is 1.55. The van der Waals surface area contributed by atoms with Gasteiger partial charge in [0.25, 0.3) is 5.91 Å². The topological polar surface area (TPSA) is 73.3 Å². The van der Waals surface area contributed by atoms with Gasteiger partial charge in [0, 0.05) is 25.0 Å². The third-order valence-electron chi connectivity index (χ3n) is 2.83. The van der Waals surface area contributed by atoms with Crippen molar-refractivity contribution >= 4 is 17.5 Å². The van der Waals surface area contributed by atoms with Gasteiger partial charge in [0.05, 0.1) is 18.7 Å². The minimum absolute atomic E-state index is 0.223. The number of ether oxygens (including phenoxy) is 2. The van der Waals surface area contributed by atoms with Crippen molar-refractivity contribution in [2.24, 2.45) is 0 Å². The summed E-state index contributed by atoms with van der Waals surface area (Å²) in [6.45, 7) is 2.52. The van der Waals surface area contributed by atoms with Crippen molar-refractivity contribution in [3.05, 3.63) is 46.7 Å². The number of carbonyl (C=O) groups excluding carboxylic acids is 1. The summed E-state index contributed by atoms with van der Waals surface area (Å²) in [5, 5.41) is 3.06. The van der Waals surface area contributed by atoms with E-state index in [0.717, 1.165) is 5.56 Å². The molecule has 0 bridgehead atoms. The molecule has 0 saturated carbocycles. The van der Waals surface area contributed by atoms with Crippen molar-refractivity contribution < 1.29 is 14.3 Å². The highest BCUT2D eigenvalue weighted by Crippen LogP contribution is 2.24. The van der Waals surface area contributed by atoms with Gasteiger partial charge in [0.2, 0.25) is 11.8 Å². The Labute approximate surface area is 133 Å². The molecule has 0 saturated heterocycles. The van der Waals surface area contributed by atoms with Crippen LogP contribution in [0.4, 0.5) is 0 Å². The number of amides is 1. The van der Waals surface area contributed by atoms with E-state index in [2.05, 4.69) is 15.3 Å². The van der Waals surface area contributed by atoms with E-state index in [1.165, 1.54) is 6.20 Å². The van der Waals surface area contributed by atoms with Crippen LogP contribution in [0.1, 0.15) is 22.8 Å². The molecule has 1 N–H and O–H groups in total. The molecule has 0 aliphatic rings. The van der Waals surface area contributed by atoms with Crippen molar-refractivity contribution in [2.75, 3.05) is 13.7 Å². The van der Waals surface area contributed by atoms with Gasteiger partial charge in [-0.15, -0.1) is 0 Å². The second kappa shape index (κ2) is 7.61. The van der Waals surface area contributed by atoms with E-state index < -0.39 is 0 Å².